The number of hydrogen-bond acceptors (Lipinski definition) is 4. The van der Waals surface area contributed by atoms with Crippen LogP contribution in [0.1, 0.15) is 108 Å². The second-order valence-corrected chi connectivity index (χ2v) is 11.5. The van der Waals surface area contributed by atoms with Crippen molar-refractivity contribution in [3.8, 4) is 0 Å². The molecule has 37 heavy (non-hydrogen) atoms. The Hall–Kier alpha value is -2.18. The Labute approximate surface area is 225 Å². The lowest BCUT2D eigenvalue weighted by molar-refractivity contribution is -0.683. The minimum atomic E-state index is -4.27. The van der Waals surface area contributed by atoms with E-state index in [1.54, 1.807) is 12.1 Å². The number of benzene rings is 2. The van der Waals surface area contributed by atoms with Gasteiger partial charge in [0.15, 0.2) is 6.54 Å². The van der Waals surface area contributed by atoms with Gasteiger partial charge in [0.2, 0.25) is 5.58 Å². The van der Waals surface area contributed by atoms with Crippen LogP contribution in [0.25, 0.3) is 11.1 Å². The predicted octanol–water partition coefficient (Wildman–Crippen LogP) is 8.41. The van der Waals surface area contributed by atoms with Crippen molar-refractivity contribution >= 4 is 21.2 Å². The van der Waals surface area contributed by atoms with E-state index >= 15 is 0 Å². The summed E-state index contributed by atoms with van der Waals surface area (Å²) < 4.78 is 39.3. The first-order chi connectivity index (χ1) is 17.8. The van der Waals surface area contributed by atoms with Crippen molar-refractivity contribution in [1.82, 2.24) is 0 Å². The van der Waals surface area contributed by atoms with Crippen LogP contribution in [0.15, 0.2) is 57.8 Å². The first-order valence-corrected chi connectivity index (χ1v) is 15.6. The van der Waals surface area contributed by atoms with E-state index < -0.39 is 10.1 Å². The number of aryl methyl sites for hydroxylation is 3. The summed E-state index contributed by atoms with van der Waals surface area (Å²) in [4.78, 5) is -0.178. The Morgan fingerprint density at radius 3 is 1.70 bits per heavy atom. The van der Waals surface area contributed by atoms with Gasteiger partial charge < -0.3 is 8.97 Å². The maximum absolute atomic E-state index is 10.4. The van der Waals surface area contributed by atoms with Crippen molar-refractivity contribution in [2.24, 2.45) is 0 Å². The zero-order valence-corrected chi connectivity index (χ0v) is 24.0. The zero-order valence-electron chi connectivity index (χ0n) is 23.2. The SMILES string of the molecule is CCCCCCCCCCCCCCCC[n+]1c(C)oc2ccccc21.Cc1ccc(S(=O)(=O)[O-])cc1. The number of para-hydroxylation sites is 2. The molecule has 206 valence electrons. The lowest BCUT2D eigenvalue weighted by Gasteiger charge is -2.05. The van der Waals surface area contributed by atoms with Crippen LogP contribution in [0.4, 0.5) is 0 Å². The van der Waals surface area contributed by atoms with Gasteiger partial charge in [0.25, 0.3) is 5.52 Å². The summed E-state index contributed by atoms with van der Waals surface area (Å²) in [5.74, 6) is 1.03. The maximum atomic E-state index is 10.4. The molecule has 0 amide bonds. The minimum absolute atomic E-state index is 0.178. The molecule has 0 aliphatic heterocycles. The number of oxazole rings is 1. The molecule has 1 aromatic heterocycles. The molecular weight excluding hydrogens is 482 g/mol. The number of hydrogen-bond donors (Lipinski definition) is 0. The second-order valence-electron chi connectivity index (χ2n) is 10.1. The highest BCUT2D eigenvalue weighted by molar-refractivity contribution is 7.85. The van der Waals surface area contributed by atoms with Crippen LogP contribution in [0, 0.1) is 13.8 Å². The molecule has 0 aliphatic rings. The third-order valence-corrected chi connectivity index (χ3v) is 7.69. The molecule has 0 saturated carbocycles. The summed E-state index contributed by atoms with van der Waals surface area (Å²) in [7, 11) is -4.27. The molecule has 0 N–H and O–H groups in total. The van der Waals surface area contributed by atoms with Crippen molar-refractivity contribution in [2.45, 2.75) is 122 Å². The van der Waals surface area contributed by atoms with Gasteiger partial charge in [-0.3, -0.25) is 0 Å². The smallest absolute Gasteiger partial charge is 0.344 e. The topological polar surface area (TPSA) is 74.2 Å². The van der Waals surface area contributed by atoms with E-state index in [9.17, 15) is 13.0 Å². The molecule has 0 spiro atoms. The average Bonchev–Trinajstić information content (AvgIpc) is 3.19. The lowest BCUT2D eigenvalue weighted by Crippen LogP contribution is -2.35. The Morgan fingerprint density at radius 2 is 1.19 bits per heavy atom. The van der Waals surface area contributed by atoms with Crippen LogP contribution >= 0.6 is 0 Å². The second kappa shape index (κ2) is 17.4. The number of nitrogens with zero attached hydrogens (tertiary/aromatic N) is 1. The zero-order chi connectivity index (χ0) is 26.9. The summed E-state index contributed by atoms with van der Waals surface area (Å²) in [6.45, 7) is 7.27. The van der Waals surface area contributed by atoms with Gasteiger partial charge in [0.05, 0.1) is 11.8 Å². The Morgan fingerprint density at radius 1 is 0.703 bits per heavy atom. The third-order valence-electron chi connectivity index (χ3n) is 6.84. The normalized spacial score (nSPS) is 11.5. The van der Waals surface area contributed by atoms with E-state index in [1.165, 1.54) is 108 Å². The van der Waals surface area contributed by atoms with Crippen molar-refractivity contribution in [1.29, 1.82) is 0 Å². The van der Waals surface area contributed by atoms with Crippen molar-refractivity contribution < 1.29 is 22.0 Å². The fraction of sp³-hybridized carbons (Fsp3) is 0.581. The number of fused-ring (bicyclic) bond motifs is 1. The molecule has 0 bridgehead atoms. The van der Waals surface area contributed by atoms with Crippen LogP contribution < -0.4 is 4.57 Å². The van der Waals surface area contributed by atoms with Gasteiger partial charge in [-0.1, -0.05) is 114 Å². The van der Waals surface area contributed by atoms with E-state index in [4.69, 9.17) is 4.42 Å². The first-order valence-electron chi connectivity index (χ1n) is 14.2. The summed E-state index contributed by atoms with van der Waals surface area (Å²) in [5.41, 5.74) is 3.17. The van der Waals surface area contributed by atoms with Gasteiger partial charge in [-0.05, 0) is 31.5 Å². The number of rotatable bonds is 16. The average molecular weight is 530 g/mol. The largest absolute Gasteiger partial charge is 0.744 e. The third kappa shape index (κ3) is 12.3. The monoisotopic (exact) mass is 529 g/mol. The van der Waals surface area contributed by atoms with Crippen molar-refractivity contribution in [3.05, 3.63) is 60.0 Å². The lowest BCUT2D eigenvalue weighted by atomic mass is 10.0. The molecule has 2 aromatic carbocycles. The molecule has 0 fully saturated rings. The molecule has 0 atom stereocenters. The van der Waals surface area contributed by atoms with Gasteiger partial charge in [-0.2, -0.15) is 4.57 Å². The van der Waals surface area contributed by atoms with E-state index in [0.29, 0.717) is 0 Å². The maximum Gasteiger partial charge on any atom is 0.344 e. The fourth-order valence-electron chi connectivity index (χ4n) is 4.60. The highest BCUT2D eigenvalue weighted by Crippen LogP contribution is 2.15. The van der Waals surface area contributed by atoms with Gasteiger partial charge >= 0.3 is 5.89 Å². The molecule has 0 aliphatic carbocycles. The molecule has 6 heteroatoms. The number of aromatic nitrogens is 1. The summed E-state index contributed by atoms with van der Waals surface area (Å²) in [5, 5.41) is 0. The quantitative estimate of drug-likeness (QED) is 0.106. The van der Waals surface area contributed by atoms with Crippen LogP contribution in [0.3, 0.4) is 0 Å². The van der Waals surface area contributed by atoms with E-state index in [2.05, 4.69) is 36.6 Å². The van der Waals surface area contributed by atoms with Crippen LogP contribution in [-0.2, 0) is 16.7 Å². The van der Waals surface area contributed by atoms with Crippen molar-refractivity contribution in [2.75, 3.05) is 0 Å². The molecule has 1 heterocycles. The summed E-state index contributed by atoms with van der Waals surface area (Å²) >= 11 is 0. The van der Waals surface area contributed by atoms with Gasteiger partial charge in [-0.25, -0.2) is 8.42 Å². The van der Waals surface area contributed by atoms with Crippen LogP contribution in [0.2, 0.25) is 0 Å². The Kier molecular flexibility index (Phi) is 14.6. The predicted molar refractivity (Wildman–Crippen MR) is 151 cm³/mol. The molecular formula is C31H47NO4S. The van der Waals surface area contributed by atoms with Crippen LogP contribution in [0.5, 0.6) is 0 Å². The Bertz CT molecular complexity index is 1120. The summed E-state index contributed by atoms with van der Waals surface area (Å²) in [6.07, 6.45) is 19.8. The van der Waals surface area contributed by atoms with Crippen LogP contribution in [-0.4, -0.2) is 13.0 Å². The molecule has 3 aromatic rings. The molecule has 3 rings (SSSR count). The van der Waals surface area contributed by atoms with E-state index in [0.717, 1.165) is 23.6 Å². The molecule has 0 radical (unpaired) electrons. The molecule has 5 nitrogen and oxygen atoms in total. The van der Waals surface area contributed by atoms with Gasteiger partial charge in [-0.15, -0.1) is 0 Å². The van der Waals surface area contributed by atoms with Gasteiger partial charge in [0.1, 0.15) is 10.1 Å². The van der Waals surface area contributed by atoms with E-state index in [1.807, 2.05) is 13.0 Å². The number of unbranched alkanes of at least 4 members (excludes halogenated alkanes) is 13. The molecule has 0 saturated heterocycles. The highest BCUT2D eigenvalue weighted by Gasteiger charge is 2.17. The summed E-state index contributed by atoms with van der Waals surface area (Å²) in [6, 6.07) is 14.1. The minimum Gasteiger partial charge on any atom is -0.744 e. The first kappa shape index (κ1) is 31.0. The van der Waals surface area contributed by atoms with E-state index in [-0.39, 0.29) is 4.90 Å². The fourth-order valence-corrected chi connectivity index (χ4v) is 5.07. The highest BCUT2D eigenvalue weighted by atomic mass is 32.2. The molecule has 0 unspecified atom stereocenters. The Balaban J connectivity index is 0.000000364. The van der Waals surface area contributed by atoms with Crippen molar-refractivity contribution in [3.63, 3.8) is 0 Å². The standard InChI is InChI=1S/C24H40NO.C7H8O3S/c1-3-4-5-6-7-8-9-10-11-12-13-14-15-18-21-25-22(2)26-24-20-17-16-19-23(24)25;1-6-2-4-7(5-3-6)11(8,9)10/h16-17,19-20H,3-15,18,21H2,1-2H3;2-5H,1H3,(H,8,9,10)/q+1;/p-1. The van der Waals surface area contributed by atoms with Gasteiger partial charge in [0, 0.05) is 12.5 Å².